The van der Waals surface area contributed by atoms with Gasteiger partial charge in [0.25, 0.3) is 5.91 Å². The second kappa shape index (κ2) is 13.5. The molecule has 0 bridgehead atoms. The van der Waals surface area contributed by atoms with Gasteiger partial charge in [0.1, 0.15) is 12.1 Å². The first kappa shape index (κ1) is 29.7. The van der Waals surface area contributed by atoms with Crippen LogP contribution in [0.15, 0.2) is 84.9 Å². The van der Waals surface area contributed by atoms with Crippen LogP contribution >= 0.6 is 0 Å². The van der Waals surface area contributed by atoms with E-state index in [1.807, 2.05) is 84.9 Å². The summed E-state index contributed by atoms with van der Waals surface area (Å²) in [6, 6.07) is 25.2. The molecule has 9 heteroatoms. The summed E-state index contributed by atoms with van der Waals surface area (Å²) in [7, 11) is 3.18. The Balaban J connectivity index is 1.22. The fourth-order valence-electron chi connectivity index (χ4n) is 5.87. The summed E-state index contributed by atoms with van der Waals surface area (Å²) in [5.74, 6) is 0.941. The molecule has 2 fully saturated rings. The van der Waals surface area contributed by atoms with Crippen LogP contribution in [0.25, 0.3) is 6.08 Å². The molecular weight excluding hydrogens is 544 g/mol. The number of carbonyl (C=O) groups excluding carboxylic acids is 3. The van der Waals surface area contributed by atoms with Crippen molar-refractivity contribution in [3.8, 4) is 11.5 Å². The molecule has 1 N–H and O–H groups in total. The number of methoxy groups -OCH3 is 2. The molecule has 0 unspecified atom stereocenters. The number of amides is 3. The summed E-state index contributed by atoms with van der Waals surface area (Å²) in [5, 5.41) is 2.96. The van der Waals surface area contributed by atoms with Crippen LogP contribution in [0.1, 0.15) is 24.0 Å². The zero-order chi connectivity index (χ0) is 30.2. The Hall–Kier alpha value is -4.79. The standard InChI is InChI=1S/C34H38N4O5/c1-42-29-15-13-27(23-30(29)43-2)17-20-35-31(39)24-37-25-38(28-11-7-4-8-12-28)34(33(37)41)18-21-36(22-19-34)32(40)16-14-26-9-5-3-6-10-26/h3-16,23H,17-22,24-25H2,1-2H3,(H,35,39)/b16-14+. The van der Waals surface area contributed by atoms with E-state index in [1.165, 1.54) is 0 Å². The second-order valence-electron chi connectivity index (χ2n) is 10.8. The van der Waals surface area contributed by atoms with Crippen LogP contribution in [0.5, 0.6) is 11.5 Å². The highest BCUT2D eigenvalue weighted by molar-refractivity contribution is 5.97. The molecule has 9 nitrogen and oxygen atoms in total. The van der Waals surface area contributed by atoms with E-state index in [0.29, 0.717) is 57.1 Å². The predicted molar refractivity (Wildman–Crippen MR) is 166 cm³/mol. The van der Waals surface area contributed by atoms with Crippen LogP contribution in [-0.4, -0.2) is 80.1 Å². The van der Waals surface area contributed by atoms with Gasteiger partial charge in [0.05, 0.1) is 20.9 Å². The molecule has 3 aromatic rings. The van der Waals surface area contributed by atoms with E-state index in [1.54, 1.807) is 30.1 Å². The van der Waals surface area contributed by atoms with Crippen LogP contribution in [0.3, 0.4) is 0 Å². The Morgan fingerprint density at radius 3 is 2.26 bits per heavy atom. The van der Waals surface area contributed by atoms with Crippen molar-refractivity contribution in [3.63, 3.8) is 0 Å². The number of hydrogen-bond acceptors (Lipinski definition) is 6. The lowest BCUT2D eigenvalue weighted by atomic mass is 9.85. The molecule has 0 atom stereocenters. The van der Waals surface area contributed by atoms with Gasteiger partial charge in [-0.15, -0.1) is 0 Å². The van der Waals surface area contributed by atoms with E-state index in [2.05, 4.69) is 10.2 Å². The smallest absolute Gasteiger partial charge is 0.250 e. The van der Waals surface area contributed by atoms with Gasteiger partial charge in [-0.3, -0.25) is 14.4 Å². The van der Waals surface area contributed by atoms with Crippen LogP contribution in [-0.2, 0) is 20.8 Å². The average molecular weight is 583 g/mol. The van der Waals surface area contributed by atoms with Gasteiger partial charge in [-0.2, -0.15) is 0 Å². The van der Waals surface area contributed by atoms with Crippen LogP contribution < -0.4 is 19.7 Å². The first-order chi connectivity index (χ1) is 20.9. The average Bonchev–Trinajstić information content (AvgIpc) is 3.30. The number of para-hydroxylation sites is 1. The Bertz CT molecular complexity index is 1450. The Kier molecular flexibility index (Phi) is 9.29. The van der Waals surface area contributed by atoms with Gasteiger partial charge < -0.3 is 29.5 Å². The molecule has 0 aliphatic carbocycles. The van der Waals surface area contributed by atoms with Gasteiger partial charge in [0, 0.05) is 31.4 Å². The van der Waals surface area contributed by atoms with Gasteiger partial charge >= 0.3 is 0 Å². The van der Waals surface area contributed by atoms with Crippen molar-refractivity contribution < 1.29 is 23.9 Å². The van der Waals surface area contributed by atoms with Gasteiger partial charge in [-0.25, -0.2) is 0 Å². The van der Waals surface area contributed by atoms with Crippen molar-refractivity contribution in [1.29, 1.82) is 0 Å². The molecule has 5 rings (SSSR count). The molecule has 43 heavy (non-hydrogen) atoms. The Morgan fingerprint density at radius 1 is 0.907 bits per heavy atom. The molecule has 2 aliphatic heterocycles. The SMILES string of the molecule is COc1ccc(CCNC(=O)CN2CN(c3ccccc3)C3(CCN(C(=O)/C=C/c4ccccc4)CC3)C2=O)cc1OC. The van der Waals surface area contributed by atoms with Crippen LogP contribution in [0.2, 0.25) is 0 Å². The molecule has 2 saturated heterocycles. The summed E-state index contributed by atoms with van der Waals surface area (Å²) in [4.78, 5) is 45.4. The number of piperidine rings is 1. The highest BCUT2D eigenvalue weighted by Crippen LogP contribution is 2.39. The van der Waals surface area contributed by atoms with Crippen molar-refractivity contribution in [2.45, 2.75) is 24.8 Å². The minimum absolute atomic E-state index is 0.0295. The number of carbonyl (C=O) groups is 3. The highest BCUT2D eigenvalue weighted by atomic mass is 16.5. The summed E-state index contributed by atoms with van der Waals surface area (Å²) < 4.78 is 10.7. The topological polar surface area (TPSA) is 91.4 Å². The van der Waals surface area contributed by atoms with Crippen LogP contribution in [0, 0.1) is 0 Å². The summed E-state index contributed by atoms with van der Waals surface area (Å²) in [5.41, 5.74) is 2.09. The number of likely N-dealkylation sites (tertiary alicyclic amines) is 1. The number of benzene rings is 3. The number of rotatable bonds is 10. The van der Waals surface area contributed by atoms with E-state index in [-0.39, 0.29) is 24.3 Å². The van der Waals surface area contributed by atoms with Crippen LogP contribution in [0.4, 0.5) is 5.69 Å². The normalized spacial score (nSPS) is 16.1. The number of ether oxygens (including phenoxy) is 2. The molecule has 224 valence electrons. The monoisotopic (exact) mass is 582 g/mol. The molecular formula is C34H38N4O5. The summed E-state index contributed by atoms with van der Waals surface area (Å²) >= 11 is 0. The number of anilines is 1. The third kappa shape index (κ3) is 6.66. The molecule has 0 radical (unpaired) electrons. The van der Waals surface area contributed by atoms with E-state index >= 15 is 0 Å². The third-order valence-electron chi connectivity index (χ3n) is 8.22. The van der Waals surface area contributed by atoms with Crippen molar-refractivity contribution in [1.82, 2.24) is 15.1 Å². The highest BCUT2D eigenvalue weighted by Gasteiger charge is 2.54. The van der Waals surface area contributed by atoms with Crippen molar-refractivity contribution >= 4 is 29.5 Å². The van der Waals surface area contributed by atoms with Crippen molar-refractivity contribution in [2.24, 2.45) is 0 Å². The lowest BCUT2D eigenvalue weighted by Crippen LogP contribution is -2.57. The van der Waals surface area contributed by atoms with Gasteiger partial charge in [0.15, 0.2) is 11.5 Å². The van der Waals surface area contributed by atoms with E-state index in [9.17, 15) is 14.4 Å². The lowest BCUT2D eigenvalue weighted by Gasteiger charge is -2.43. The molecule has 3 amide bonds. The molecule has 2 heterocycles. The first-order valence-electron chi connectivity index (χ1n) is 14.6. The van der Waals surface area contributed by atoms with E-state index in [4.69, 9.17) is 9.47 Å². The van der Waals surface area contributed by atoms with E-state index in [0.717, 1.165) is 16.8 Å². The molecule has 3 aromatic carbocycles. The first-order valence-corrected chi connectivity index (χ1v) is 14.6. The zero-order valence-corrected chi connectivity index (χ0v) is 24.7. The molecule has 0 saturated carbocycles. The second-order valence-corrected chi connectivity index (χ2v) is 10.8. The van der Waals surface area contributed by atoms with Crippen molar-refractivity contribution in [3.05, 3.63) is 96.1 Å². The Morgan fingerprint density at radius 2 is 1.58 bits per heavy atom. The summed E-state index contributed by atoms with van der Waals surface area (Å²) in [6.07, 6.45) is 5.00. The largest absolute Gasteiger partial charge is 0.493 e. The van der Waals surface area contributed by atoms with Gasteiger partial charge in [-0.1, -0.05) is 54.6 Å². The van der Waals surface area contributed by atoms with Gasteiger partial charge in [-0.05, 0) is 60.7 Å². The minimum atomic E-state index is -0.804. The zero-order valence-electron chi connectivity index (χ0n) is 24.7. The van der Waals surface area contributed by atoms with Gasteiger partial charge in [0.2, 0.25) is 11.8 Å². The molecule has 2 aliphatic rings. The maximum absolute atomic E-state index is 14.0. The quantitative estimate of drug-likeness (QED) is 0.367. The van der Waals surface area contributed by atoms with E-state index < -0.39 is 5.54 Å². The summed E-state index contributed by atoms with van der Waals surface area (Å²) in [6.45, 7) is 1.63. The maximum Gasteiger partial charge on any atom is 0.250 e. The maximum atomic E-state index is 14.0. The fraction of sp³-hybridized carbons (Fsp3) is 0.324. The van der Waals surface area contributed by atoms with Crippen molar-refractivity contribution in [2.75, 3.05) is 52.0 Å². The molecule has 0 aromatic heterocycles. The lowest BCUT2D eigenvalue weighted by molar-refractivity contribution is -0.138. The third-order valence-corrected chi connectivity index (χ3v) is 8.22. The number of nitrogens with one attached hydrogen (secondary N) is 1. The number of hydrogen-bond donors (Lipinski definition) is 1. The molecule has 1 spiro atoms. The minimum Gasteiger partial charge on any atom is -0.493 e. The number of nitrogens with zero attached hydrogens (tertiary/aromatic N) is 3. The fourth-order valence-corrected chi connectivity index (χ4v) is 5.87. The Labute approximate surface area is 252 Å². The predicted octanol–water partition coefficient (Wildman–Crippen LogP) is 3.74.